The summed E-state index contributed by atoms with van der Waals surface area (Å²) in [5.41, 5.74) is 2.13. The first-order valence-corrected chi connectivity index (χ1v) is 9.92. The van der Waals surface area contributed by atoms with Crippen molar-refractivity contribution in [3.63, 3.8) is 0 Å². The molecule has 2 aliphatic heterocycles. The van der Waals surface area contributed by atoms with Crippen LogP contribution in [0.25, 0.3) is 6.08 Å². The normalized spacial score (nSPS) is 25.5. The Hall–Kier alpha value is -2.57. The van der Waals surface area contributed by atoms with Gasteiger partial charge in [0.1, 0.15) is 11.2 Å². The van der Waals surface area contributed by atoms with Crippen LogP contribution in [0.5, 0.6) is 0 Å². The number of piperidine rings is 1. The fourth-order valence-electron chi connectivity index (χ4n) is 4.63. The van der Waals surface area contributed by atoms with Crippen LogP contribution < -0.4 is 5.32 Å². The number of rotatable bonds is 3. The number of allylic oxidation sites excluding steroid dienone is 1. The van der Waals surface area contributed by atoms with Crippen molar-refractivity contribution < 1.29 is 19.4 Å². The summed E-state index contributed by atoms with van der Waals surface area (Å²) in [7, 11) is 0. The number of nitrogens with one attached hydrogen (secondary N) is 1. The van der Waals surface area contributed by atoms with Gasteiger partial charge in [0.25, 0.3) is 0 Å². The van der Waals surface area contributed by atoms with Crippen molar-refractivity contribution in [2.75, 3.05) is 5.32 Å². The second-order valence-electron chi connectivity index (χ2n) is 8.90. The summed E-state index contributed by atoms with van der Waals surface area (Å²) in [5.74, 6) is -0.979. The van der Waals surface area contributed by atoms with E-state index in [-0.39, 0.29) is 29.8 Å². The molecule has 0 radical (unpaired) electrons. The molecule has 2 fully saturated rings. The summed E-state index contributed by atoms with van der Waals surface area (Å²) in [6.45, 7) is 5.64. The van der Waals surface area contributed by atoms with Gasteiger partial charge in [-0.1, -0.05) is 12.2 Å². The highest BCUT2D eigenvalue weighted by Gasteiger charge is 2.45. The molecule has 2 saturated heterocycles. The van der Waals surface area contributed by atoms with Crippen molar-refractivity contribution in [1.82, 2.24) is 9.88 Å². The molecule has 7 heteroatoms. The maximum atomic E-state index is 12.6. The lowest BCUT2D eigenvalue weighted by atomic mass is 9.96. The first-order valence-electron chi connectivity index (χ1n) is 9.92. The maximum Gasteiger partial charge on any atom is 0.410 e. The van der Waals surface area contributed by atoms with Crippen molar-refractivity contribution >= 4 is 23.8 Å². The highest BCUT2D eigenvalue weighted by molar-refractivity contribution is 5.97. The van der Waals surface area contributed by atoms with Crippen LogP contribution in [0.2, 0.25) is 0 Å². The van der Waals surface area contributed by atoms with Crippen LogP contribution in [0.1, 0.15) is 68.1 Å². The van der Waals surface area contributed by atoms with E-state index in [1.54, 1.807) is 0 Å². The number of aromatic nitrogens is 1. The molecule has 1 aromatic rings. The van der Waals surface area contributed by atoms with Crippen LogP contribution in [-0.2, 0) is 11.2 Å². The van der Waals surface area contributed by atoms with Crippen LogP contribution in [0.3, 0.4) is 0 Å². The summed E-state index contributed by atoms with van der Waals surface area (Å²) >= 11 is 0. The number of ether oxygens (including phenoxy) is 1. The lowest BCUT2D eigenvalue weighted by Crippen LogP contribution is -2.51. The molecule has 1 unspecified atom stereocenters. The van der Waals surface area contributed by atoms with Gasteiger partial charge in [-0.2, -0.15) is 0 Å². The Labute approximate surface area is 164 Å². The number of carbonyl (C=O) groups is 2. The molecule has 3 aliphatic rings. The molecule has 150 valence electrons. The zero-order valence-corrected chi connectivity index (χ0v) is 16.6. The smallest absolute Gasteiger partial charge is 0.410 e. The number of carbonyl (C=O) groups excluding carboxylic acids is 1. The molecule has 4 rings (SSSR count). The molecule has 0 saturated carbocycles. The molecular weight excluding hydrogens is 358 g/mol. The fraction of sp³-hybridized carbons (Fsp3) is 0.571. The Kier molecular flexibility index (Phi) is 4.56. The van der Waals surface area contributed by atoms with E-state index in [9.17, 15) is 14.7 Å². The average Bonchev–Trinajstić information content (AvgIpc) is 3.16. The predicted molar refractivity (Wildman–Crippen MR) is 105 cm³/mol. The Morgan fingerprint density at radius 3 is 2.54 bits per heavy atom. The number of hydrogen-bond acceptors (Lipinski definition) is 5. The Morgan fingerprint density at radius 1 is 1.25 bits per heavy atom. The zero-order chi connectivity index (χ0) is 20.1. The van der Waals surface area contributed by atoms with E-state index in [0.717, 1.165) is 43.4 Å². The Bertz CT molecular complexity index is 829. The predicted octanol–water partition coefficient (Wildman–Crippen LogP) is 3.69. The van der Waals surface area contributed by atoms with E-state index in [0.29, 0.717) is 5.69 Å². The van der Waals surface area contributed by atoms with E-state index in [1.165, 1.54) is 6.20 Å². The summed E-state index contributed by atoms with van der Waals surface area (Å²) in [4.78, 5) is 30.5. The van der Waals surface area contributed by atoms with Gasteiger partial charge in [0.05, 0.1) is 11.4 Å². The summed E-state index contributed by atoms with van der Waals surface area (Å²) < 4.78 is 5.59. The quantitative estimate of drug-likeness (QED) is 0.824. The largest absolute Gasteiger partial charge is 0.478 e. The summed E-state index contributed by atoms with van der Waals surface area (Å²) in [6.07, 6.45) is 9.38. The lowest BCUT2D eigenvalue weighted by Gasteiger charge is -2.40. The summed E-state index contributed by atoms with van der Waals surface area (Å²) in [5, 5.41) is 13.1. The fourth-order valence-corrected chi connectivity index (χ4v) is 4.63. The molecule has 2 N–H and O–H groups in total. The van der Waals surface area contributed by atoms with E-state index in [1.807, 2.05) is 37.8 Å². The van der Waals surface area contributed by atoms with Crippen LogP contribution in [0.15, 0.2) is 12.3 Å². The molecule has 1 aliphatic carbocycles. The third kappa shape index (κ3) is 3.45. The molecule has 1 aromatic heterocycles. The number of amides is 1. The van der Waals surface area contributed by atoms with E-state index in [4.69, 9.17) is 4.74 Å². The molecule has 28 heavy (non-hydrogen) atoms. The third-order valence-electron chi connectivity index (χ3n) is 5.71. The molecule has 0 aromatic carbocycles. The van der Waals surface area contributed by atoms with Gasteiger partial charge in [-0.25, -0.2) is 9.59 Å². The molecule has 1 amide bonds. The van der Waals surface area contributed by atoms with Crippen LogP contribution >= 0.6 is 0 Å². The molecule has 0 spiro atoms. The number of carboxylic acids is 1. The standard InChI is InChI=1S/C21H27N3O4/c1-21(2,3)28-20(27)24-13-7-8-14(24)10-12(9-13)23-18-15-5-4-6-17(15)22-11-16(18)19(25)26/h4-5,11-14H,6-10H2,1-3H3,(H,22,23)(H,25,26)/t12?,13-,14+. The van der Waals surface area contributed by atoms with Crippen LogP contribution in [-0.4, -0.2) is 50.8 Å². The number of hydrogen-bond donors (Lipinski definition) is 2. The van der Waals surface area contributed by atoms with Crippen LogP contribution in [0.4, 0.5) is 10.5 Å². The van der Waals surface area contributed by atoms with E-state index >= 15 is 0 Å². The van der Waals surface area contributed by atoms with Crippen molar-refractivity contribution in [2.24, 2.45) is 0 Å². The van der Waals surface area contributed by atoms with Crippen molar-refractivity contribution in [3.05, 3.63) is 29.1 Å². The number of fused-ring (bicyclic) bond motifs is 3. The van der Waals surface area contributed by atoms with Gasteiger partial charge in [0.15, 0.2) is 0 Å². The molecule has 3 heterocycles. The minimum absolute atomic E-state index is 0.120. The van der Waals surface area contributed by atoms with E-state index < -0.39 is 11.6 Å². The first kappa shape index (κ1) is 18.8. The summed E-state index contributed by atoms with van der Waals surface area (Å²) in [6, 6.07) is 0.379. The topological polar surface area (TPSA) is 91.8 Å². The van der Waals surface area contributed by atoms with Gasteiger partial charge in [0.2, 0.25) is 0 Å². The van der Waals surface area contributed by atoms with Gasteiger partial charge >= 0.3 is 12.1 Å². The number of pyridine rings is 1. The number of carboxylic acid groups (broad SMARTS) is 1. The van der Waals surface area contributed by atoms with Gasteiger partial charge in [-0.3, -0.25) is 4.98 Å². The highest BCUT2D eigenvalue weighted by Crippen LogP contribution is 2.39. The number of nitrogens with zero attached hydrogens (tertiary/aromatic N) is 2. The maximum absolute atomic E-state index is 12.6. The highest BCUT2D eigenvalue weighted by atomic mass is 16.6. The Morgan fingerprint density at radius 2 is 1.93 bits per heavy atom. The van der Waals surface area contributed by atoms with Gasteiger partial charge in [0, 0.05) is 36.3 Å². The minimum Gasteiger partial charge on any atom is -0.478 e. The second kappa shape index (κ2) is 6.79. The molecule has 3 atom stereocenters. The minimum atomic E-state index is -0.979. The molecular formula is C21H27N3O4. The molecule has 2 bridgehead atoms. The first-order chi connectivity index (χ1) is 13.2. The second-order valence-corrected chi connectivity index (χ2v) is 8.90. The third-order valence-corrected chi connectivity index (χ3v) is 5.71. The lowest BCUT2D eigenvalue weighted by molar-refractivity contribution is 0.00683. The van der Waals surface area contributed by atoms with Gasteiger partial charge < -0.3 is 20.1 Å². The monoisotopic (exact) mass is 385 g/mol. The van der Waals surface area contributed by atoms with Crippen LogP contribution in [0, 0.1) is 0 Å². The van der Waals surface area contributed by atoms with Crippen molar-refractivity contribution in [3.8, 4) is 0 Å². The van der Waals surface area contributed by atoms with Gasteiger partial charge in [-0.15, -0.1) is 0 Å². The van der Waals surface area contributed by atoms with E-state index in [2.05, 4.69) is 10.3 Å². The van der Waals surface area contributed by atoms with Crippen molar-refractivity contribution in [2.45, 2.75) is 76.6 Å². The molecule has 7 nitrogen and oxygen atoms in total. The average molecular weight is 385 g/mol. The van der Waals surface area contributed by atoms with Crippen molar-refractivity contribution in [1.29, 1.82) is 0 Å². The SMILES string of the molecule is CC(C)(C)OC(=O)N1[C@@H]2CC[C@H]1CC(Nc1c(C(=O)O)cnc3c1C=CC3)C2. The Balaban J connectivity index is 1.53. The zero-order valence-electron chi connectivity index (χ0n) is 16.6. The number of anilines is 1. The number of aromatic carboxylic acids is 1. The van der Waals surface area contributed by atoms with Gasteiger partial charge in [-0.05, 0) is 46.5 Å².